The number of anilines is 1. The van der Waals surface area contributed by atoms with E-state index in [1.807, 2.05) is 18.7 Å². The molecule has 16 heavy (non-hydrogen) atoms. The van der Waals surface area contributed by atoms with E-state index in [9.17, 15) is 0 Å². The highest BCUT2D eigenvalue weighted by atomic mass is 35.5. The summed E-state index contributed by atoms with van der Waals surface area (Å²) in [4.78, 5) is 5.85. The smallest absolute Gasteiger partial charge is 0.245 e. The van der Waals surface area contributed by atoms with Crippen LogP contribution >= 0.6 is 23.2 Å². The van der Waals surface area contributed by atoms with Gasteiger partial charge >= 0.3 is 0 Å². The van der Waals surface area contributed by atoms with Crippen molar-refractivity contribution in [1.29, 1.82) is 5.26 Å². The van der Waals surface area contributed by atoms with Gasteiger partial charge in [-0.2, -0.15) is 10.2 Å². The van der Waals surface area contributed by atoms with Crippen LogP contribution < -0.4 is 4.90 Å². The standard InChI is InChI=1S/C9H11Cl2N5/c1-3-16(5-6(2)4-12)8-7(10)14-15-9(11)13-8/h6H,3,5H2,1-2H3. The van der Waals surface area contributed by atoms with Crippen LogP contribution in [0.1, 0.15) is 13.8 Å². The highest BCUT2D eigenvalue weighted by molar-refractivity contribution is 6.32. The Hall–Kier alpha value is -1.12. The molecule has 7 heteroatoms. The van der Waals surface area contributed by atoms with Gasteiger partial charge in [0.25, 0.3) is 0 Å². The number of nitrogens with zero attached hydrogens (tertiary/aromatic N) is 5. The van der Waals surface area contributed by atoms with Gasteiger partial charge in [-0.25, -0.2) is 0 Å². The number of aromatic nitrogens is 3. The molecule has 0 saturated heterocycles. The first kappa shape index (κ1) is 12.9. The molecule has 86 valence electrons. The molecule has 0 radical (unpaired) electrons. The minimum absolute atomic E-state index is 0.0439. The van der Waals surface area contributed by atoms with Gasteiger partial charge in [0.15, 0.2) is 11.0 Å². The summed E-state index contributed by atoms with van der Waals surface area (Å²) < 4.78 is 0. The lowest BCUT2D eigenvalue weighted by molar-refractivity contribution is 0.675. The molecule has 0 amide bonds. The minimum atomic E-state index is -0.121. The van der Waals surface area contributed by atoms with Gasteiger partial charge in [0.2, 0.25) is 5.28 Å². The predicted octanol–water partition coefficient (Wildman–Crippen LogP) is 2.16. The molecule has 0 N–H and O–H groups in total. The first-order chi connectivity index (χ1) is 7.58. The Morgan fingerprint density at radius 1 is 1.44 bits per heavy atom. The Labute approximate surface area is 104 Å². The van der Waals surface area contributed by atoms with Gasteiger partial charge < -0.3 is 4.90 Å². The van der Waals surface area contributed by atoms with Crippen LogP contribution in [0.5, 0.6) is 0 Å². The molecule has 1 aromatic rings. The molecule has 0 spiro atoms. The van der Waals surface area contributed by atoms with E-state index in [1.54, 1.807) is 0 Å². The van der Waals surface area contributed by atoms with Gasteiger partial charge in [0.05, 0.1) is 12.0 Å². The van der Waals surface area contributed by atoms with Gasteiger partial charge in [-0.3, -0.25) is 0 Å². The largest absolute Gasteiger partial charge is 0.353 e. The lowest BCUT2D eigenvalue weighted by atomic mass is 10.2. The second kappa shape index (κ2) is 5.83. The predicted molar refractivity (Wildman–Crippen MR) is 62.5 cm³/mol. The maximum absolute atomic E-state index is 8.77. The summed E-state index contributed by atoms with van der Waals surface area (Å²) in [5.74, 6) is 0.344. The maximum Gasteiger partial charge on any atom is 0.245 e. The van der Waals surface area contributed by atoms with Crippen LogP contribution in [0.4, 0.5) is 5.82 Å². The van der Waals surface area contributed by atoms with Crippen LogP contribution in [0, 0.1) is 17.2 Å². The summed E-state index contributed by atoms with van der Waals surface area (Å²) in [7, 11) is 0. The third-order valence-electron chi connectivity index (χ3n) is 2.00. The van der Waals surface area contributed by atoms with Gasteiger partial charge in [-0.05, 0) is 25.4 Å². The fourth-order valence-electron chi connectivity index (χ4n) is 1.22. The second-order valence-corrected chi connectivity index (χ2v) is 3.96. The minimum Gasteiger partial charge on any atom is -0.353 e. The van der Waals surface area contributed by atoms with Crippen molar-refractivity contribution < 1.29 is 0 Å². The molecule has 1 unspecified atom stereocenters. The molecule has 0 aliphatic carbocycles. The Morgan fingerprint density at radius 3 is 2.69 bits per heavy atom. The third-order valence-corrected chi connectivity index (χ3v) is 2.40. The molecule has 0 aromatic carbocycles. The number of hydrogen-bond donors (Lipinski definition) is 0. The van der Waals surface area contributed by atoms with E-state index < -0.39 is 0 Å². The zero-order chi connectivity index (χ0) is 12.1. The SMILES string of the molecule is CCN(CC(C)C#N)c1nc(Cl)nnc1Cl. The summed E-state index contributed by atoms with van der Waals surface area (Å²) in [6.45, 7) is 4.96. The van der Waals surface area contributed by atoms with Crippen LogP contribution in [-0.2, 0) is 0 Å². The first-order valence-electron chi connectivity index (χ1n) is 4.78. The maximum atomic E-state index is 8.77. The fraction of sp³-hybridized carbons (Fsp3) is 0.556. The van der Waals surface area contributed by atoms with Crippen LogP contribution in [0.15, 0.2) is 0 Å². The summed E-state index contributed by atoms with van der Waals surface area (Å²) in [5.41, 5.74) is 0. The van der Waals surface area contributed by atoms with E-state index in [4.69, 9.17) is 28.5 Å². The number of nitriles is 1. The molecule has 1 atom stereocenters. The van der Waals surface area contributed by atoms with Gasteiger partial charge in [0, 0.05) is 13.1 Å². The molecule has 1 heterocycles. The average Bonchev–Trinajstić information content (AvgIpc) is 2.29. The van der Waals surface area contributed by atoms with Crippen molar-refractivity contribution >= 4 is 29.0 Å². The molecule has 0 fully saturated rings. The molecular formula is C9H11Cl2N5. The number of hydrogen-bond acceptors (Lipinski definition) is 5. The Kier molecular flexibility index (Phi) is 4.71. The van der Waals surface area contributed by atoms with Crippen LogP contribution in [0.3, 0.4) is 0 Å². The highest BCUT2D eigenvalue weighted by Crippen LogP contribution is 2.22. The normalized spacial score (nSPS) is 11.9. The van der Waals surface area contributed by atoms with Crippen molar-refractivity contribution in [3.8, 4) is 6.07 Å². The quantitative estimate of drug-likeness (QED) is 0.829. The summed E-state index contributed by atoms with van der Waals surface area (Å²) in [6, 6.07) is 2.15. The number of rotatable bonds is 4. The fourth-order valence-corrected chi connectivity index (χ4v) is 1.54. The van der Waals surface area contributed by atoms with Crippen molar-refractivity contribution in [3.05, 3.63) is 10.4 Å². The molecule has 1 aromatic heterocycles. The lowest BCUT2D eigenvalue weighted by Gasteiger charge is -2.22. The van der Waals surface area contributed by atoms with Gasteiger partial charge in [-0.15, -0.1) is 10.2 Å². The summed E-state index contributed by atoms with van der Waals surface area (Å²) in [6.07, 6.45) is 0. The van der Waals surface area contributed by atoms with E-state index in [0.29, 0.717) is 18.9 Å². The van der Waals surface area contributed by atoms with Crippen molar-refractivity contribution in [2.45, 2.75) is 13.8 Å². The topological polar surface area (TPSA) is 65.7 Å². The van der Waals surface area contributed by atoms with E-state index in [0.717, 1.165) is 0 Å². The molecular weight excluding hydrogens is 249 g/mol. The Balaban J connectivity index is 2.95. The van der Waals surface area contributed by atoms with E-state index >= 15 is 0 Å². The second-order valence-electron chi connectivity index (χ2n) is 3.26. The first-order valence-corrected chi connectivity index (χ1v) is 5.54. The van der Waals surface area contributed by atoms with Crippen molar-refractivity contribution in [3.63, 3.8) is 0 Å². The highest BCUT2D eigenvalue weighted by Gasteiger charge is 2.15. The van der Waals surface area contributed by atoms with E-state index in [2.05, 4.69) is 21.3 Å². The van der Waals surface area contributed by atoms with E-state index in [1.165, 1.54) is 0 Å². The zero-order valence-corrected chi connectivity index (χ0v) is 10.5. The van der Waals surface area contributed by atoms with Crippen LogP contribution in [0.25, 0.3) is 0 Å². The molecule has 0 aliphatic rings. The van der Waals surface area contributed by atoms with Gasteiger partial charge in [-0.1, -0.05) is 11.6 Å². The Bertz CT molecular complexity index is 403. The molecule has 5 nitrogen and oxygen atoms in total. The number of halogens is 2. The van der Waals surface area contributed by atoms with Crippen molar-refractivity contribution in [1.82, 2.24) is 15.2 Å². The molecule has 1 rings (SSSR count). The monoisotopic (exact) mass is 259 g/mol. The van der Waals surface area contributed by atoms with Crippen LogP contribution in [-0.4, -0.2) is 28.3 Å². The van der Waals surface area contributed by atoms with Crippen molar-refractivity contribution in [2.24, 2.45) is 5.92 Å². The third kappa shape index (κ3) is 3.19. The molecule has 0 aliphatic heterocycles. The molecule has 0 bridgehead atoms. The lowest BCUT2D eigenvalue weighted by Crippen LogP contribution is -2.29. The summed E-state index contributed by atoms with van der Waals surface area (Å²) in [5, 5.41) is 16.2. The van der Waals surface area contributed by atoms with E-state index in [-0.39, 0.29) is 16.4 Å². The molecule has 0 saturated carbocycles. The van der Waals surface area contributed by atoms with Gasteiger partial charge in [0.1, 0.15) is 0 Å². The van der Waals surface area contributed by atoms with Crippen LogP contribution in [0.2, 0.25) is 10.4 Å². The van der Waals surface area contributed by atoms with Crippen molar-refractivity contribution in [2.75, 3.05) is 18.0 Å². The zero-order valence-electron chi connectivity index (χ0n) is 8.98. The Morgan fingerprint density at radius 2 is 2.12 bits per heavy atom. The summed E-state index contributed by atoms with van der Waals surface area (Å²) >= 11 is 11.5. The average molecular weight is 260 g/mol.